The van der Waals surface area contributed by atoms with Crippen molar-refractivity contribution in [1.29, 1.82) is 5.26 Å². The summed E-state index contributed by atoms with van der Waals surface area (Å²) < 4.78 is 10.8. The second kappa shape index (κ2) is 8.27. The highest BCUT2D eigenvalue weighted by atomic mass is 32.1. The van der Waals surface area contributed by atoms with Crippen molar-refractivity contribution in [3.63, 3.8) is 0 Å². The predicted molar refractivity (Wildman–Crippen MR) is 97.1 cm³/mol. The number of nitriles is 1. The van der Waals surface area contributed by atoms with Crippen molar-refractivity contribution in [1.82, 2.24) is 10.2 Å². The molecule has 132 valence electrons. The number of benzene rings is 1. The minimum atomic E-state index is -0.396. The highest BCUT2D eigenvalue weighted by Gasteiger charge is 2.17. The maximum Gasteiger partial charge on any atom is 0.322 e. The van der Waals surface area contributed by atoms with Crippen LogP contribution in [0.3, 0.4) is 0 Å². The molecule has 1 N–H and O–H groups in total. The van der Waals surface area contributed by atoms with Gasteiger partial charge in [0.05, 0.1) is 23.6 Å². The van der Waals surface area contributed by atoms with Crippen LogP contribution < -0.4 is 10.1 Å². The molecule has 1 aromatic carbocycles. The summed E-state index contributed by atoms with van der Waals surface area (Å²) >= 11 is 1.47. The van der Waals surface area contributed by atoms with E-state index in [-0.39, 0.29) is 6.01 Å². The third-order valence-electron chi connectivity index (χ3n) is 3.64. The van der Waals surface area contributed by atoms with Crippen molar-refractivity contribution in [3.05, 3.63) is 46.8 Å². The summed E-state index contributed by atoms with van der Waals surface area (Å²) in [6.07, 6.45) is 2.01. The molecule has 2 aromatic heterocycles. The van der Waals surface area contributed by atoms with Gasteiger partial charge in [0, 0.05) is 6.42 Å². The molecule has 0 aliphatic heterocycles. The van der Waals surface area contributed by atoms with Gasteiger partial charge >= 0.3 is 6.01 Å². The minimum absolute atomic E-state index is 0.0264. The fourth-order valence-corrected chi connectivity index (χ4v) is 3.03. The van der Waals surface area contributed by atoms with Crippen molar-refractivity contribution in [2.75, 3.05) is 12.4 Å². The topological polar surface area (TPSA) is 101 Å². The van der Waals surface area contributed by atoms with E-state index < -0.39 is 5.91 Å². The summed E-state index contributed by atoms with van der Waals surface area (Å²) in [6.45, 7) is 0. The molecule has 0 atom stereocenters. The molecule has 0 saturated heterocycles. The van der Waals surface area contributed by atoms with Gasteiger partial charge in [-0.1, -0.05) is 17.2 Å². The number of hydrogen-bond donors (Lipinski definition) is 1. The third-order valence-corrected chi connectivity index (χ3v) is 4.50. The van der Waals surface area contributed by atoms with Crippen molar-refractivity contribution < 1.29 is 13.9 Å². The Labute approximate surface area is 154 Å². The molecule has 0 saturated carbocycles. The first-order valence-electron chi connectivity index (χ1n) is 7.94. The quantitative estimate of drug-likeness (QED) is 0.635. The Hall–Kier alpha value is -3.18. The number of rotatable bonds is 7. The summed E-state index contributed by atoms with van der Waals surface area (Å²) in [5, 5.41) is 20.9. The number of amides is 1. The van der Waals surface area contributed by atoms with Gasteiger partial charge in [0.15, 0.2) is 0 Å². The van der Waals surface area contributed by atoms with Crippen LogP contribution in [0.25, 0.3) is 10.8 Å². The van der Waals surface area contributed by atoms with Gasteiger partial charge in [-0.05, 0) is 42.0 Å². The number of unbranched alkanes of at least 4 members (excludes halogenated alkanes) is 1. The molecule has 8 heteroatoms. The van der Waals surface area contributed by atoms with E-state index in [4.69, 9.17) is 14.4 Å². The Bertz CT molecular complexity index is 928. The number of aryl methyl sites for hydroxylation is 1. The summed E-state index contributed by atoms with van der Waals surface area (Å²) in [6, 6.07) is 11.2. The number of nitrogens with one attached hydrogen (secondary N) is 1. The van der Waals surface area contributed by atoms with Gasteiger partial charge < -0.3 is 9.15 Å². The molecule has 0 radical (unpaired) electrons. The molecular formula is C18H16N4O3S. The van der Waals surface area contributed by atoms with Crippen LogP contribution in [-0.4, -0.2) is 23.2 Å². The number of thiophene rings is 1. The smallest absolute Gasteiger partial charge is 0.322 e. The fraction of sp³-hybridized carbons (Fsp3) is 0.222. The van der Waals surface area contributed by atoms with Gasteiger partial charge in [-0.25, -0.2) is 0 Å². The number of aromatic nitrogens is 2. The van der Waals surface area contributed by atoms with Crippen LogP contribution in [0.1, 0.15) is 28.8 Å². The lowest BCUT2D eigenvalue weighted by Gasteiger charge is -2.09. The van der Waals surface area contributed by atoms with Crippen LogP contribution in [0.4, 0.5) is 6.01 Å². The number of carbonyl (C=O) groups excluding carboxylic acids is 1. The Kier molecular flexibility index (Phi) is 5.61. The van der Waals surface area contributed by atoms with E-state index in [1.807, 2.05) is 23.6 Å². The van der Waals surface area contributed by atoms with E-state index in [0.717, 1.165) is 23.3 Å². The molecular weight excluding hydrogens is 352 g/mol. The first kappa shape index (κ1) is 17.6. The van der Waals surface area contributed by atoms with Crippen LogP contribution in [0.15, 0.2) is 40.1 Å². The molecule has 1 amide bonds. The number of nitrogens with zero attached hydrogens (tertiary/aromatic N) is 3. The summed E-state index contributed by atoms with van der Waals surface area (Å²) in [7, 11) is 1.51. The van der Waals surface area contributed by atoms with E-state index in [2.05, 4.69) is 21.6 Å². The van der Waals surface area contributed by atoms with Gasteiger partial charge in [0.2, 0.25) is 0 Å². The lowest BCUT2D eigenvalue weighted by atomic mass is 10.0. The van der Waals surface area contributed by atoms with E-state index in [0.29, 0.717) is 23.6 Å². The number of ether oxygens (including phenoxy) is 1. The molecule has 3 rings (SSSR count). The molecule has 0 aliphatic rings. The van der Waals surface area contributed by atoms with E-state index in [1.54, 1.807) is 12.1 Å². The summed E-state index contributed by atoms with van der Waals surface area (Å²) in [5.74, 6) is 0.414. The van der Waals surface area contributed by atoms with Crippen LogP contribution >= 0.6 is 11.3 Å². The van der Waals surface area contributed by atoms with Crippen LogP contribution in [0.5, 0.6) is 5.75 Å². The normalized spacial score (nSPS) is 10.3. The maximum absolute atomic E-state index is 12.5. The van der Waals surface area contributed by atoms with Crippen molar-refractivity contribution in [2.45, 2.75) is 19.3 Å². The summed E-state index contributed by atoms with van der Waals surface area (Å²) in [5.41, 5.74) is 1.37. The Morgan fingerprint density at radius 2 is 2.27 bits per heavy atom. The lowest BCUT2D eigenvalue weighted by molar-refractivity contribution is 0.102. The van der Waals surface area contributed by atoms with Gasteiger partial charge in [0.25, 0.3) is 11.8 Å². The van der Waals surface area contributed by atoms with Crippen LogP contribution in [0, 0.1) is 11.3 Å². The average molecular weight is 368 g/mol. The van der Waals surface area contributed by atoms with Gasteiger partial charge in [-0.15, -0.1) is 16.4 Å². The summed E-state index contributed by atoms with van der Waals surface area (Å²) in [4.78, 5) is 13.3. The molecule has 2 heterocycles. The zero-order valence-electron chi connectivity index (χ0n) is 14.1. The molecule has 7 nitrogen and oxygen atoms in total. The standard InChI is InChI=1S/C18H16N4O3S/c1-24-14-11-12(5-2-3-9-19)7-8-13(14)16(23)20-18-22-21-17(25-18)15-6-4-10-26-15/h4,6-8,10-11H,2-3,5H2,1H3,(H,20,22,23). The highest BCUT2D eigenvalue weighted by Crippen LogP contribution is 2.26. The molecule has 0 unspecified atom stereocenters. The maximum atomic E-state index is 12.5. The van der Waals surface area contributed by atoms with E-state index in [9.17, 15) is 4.79 Å². The molecule has 0 spiro atoms. The van der Waals surface area contributed by atoms with Crippen molar-refractivity contribution in [2.24, 2.45) is 0 Å². The predicted octanol–water partition coefficient (Wildman–Crippen LogP) is 3.91. The minimum Gasteiger partial charge on any atom is -0.496 e. The monoisotopic (exact) mass is 368 g/mol. The Balaban J connectivity index is 1.72. The molecule has 26 heavy (non-hydrogen) atoms. The zero-order chi connectivity index (χ0) is 18.4. The van der Waals surface area contributed by atoms with Crippen LogP contribution in [-0.2, 0) is 6.42 Å². The van der Waals surface area contributed by atoms with Crippen molar-refractivity contribution >= 4 is 23.3 Å². The highest BCUT2D eigenvalue weighted by molar-refractivity contribution is 7.13. The fourth-order valence-electron chi connectivity index (χ4n) is 2.39. The molecule has 0 bridgehead atoms. The lowest BCUT2D eigenvalue weighted by Crippen LogP contribution is -2.13. The number of carbonyl (C=O) groups is 1. The SMILES string of the molecule is COc1cc(CCCC#N)ccc1C(=O)Nc1nnc(-c2cccs2)o1. The number of methoxy groups -OCH3 is 1. The first-order chi connectivity index (χ1) is 12.7. The first-order valence-corrected chi connectivity index (χ1v) is 8.82. The van der Waals surface area contributed by atoms with E-state index in [1.165, 1.54) is 18.4 Å². The van der Waals surface area contributed by atoms with Gasteiger partial charge in [-0.2, -0.15) is 5.26 Å². The molecule has 0 fully saturated rings. The second-order valence-electron chi connectivity index (χ2n) is 5.39. The van der Waals surface area contributed by atoms with E-state index >= 15 is 0 Å². The van der Waals surface area contributed by atoms with Gasteiger partial charge in [-0.3, -0.25) is 10.1 Å². The molecule has 3 aromatic rings. The Morgan fingerprint density at radius 3 is 3.00 bits per heavy atom. The largest absolute Gasteiger partial charge is 0.496 e. The molecule has 0 aliphatic carbocycles. The number of anilines is 1. The third kappa shape index (κ3) is 4.07. The number of hydrogen-bond acceptors (Lipinski definition) is 7. The Morgan fingerprint density at radius 1 is 1.38 bits per heavy atom. The van der Waals surface area contributed by atoms with Crippen LogP contribution in [0.2, 0.25) is 0 Å². The zero-order valence-corrected chi connectivity index (χ0v) is 14.9. The van der Waals surface area contributed by atoms with Crippen molar-refractivity contribution in [3.8, 4) is 22.6 Å². The average Bonchev–Trinajstić information content (AvgIpc) is 3.33. The second-order valence-corrected chi connectivity index (χ2v) is 6.34. The van der Waals surface area contributed by atoms with Gasteiger partial charge in [0.1, 0.15) is 5.75 Å².